The molecule has 5 rings (SSSR count). The second-order valence-corrected chi connectivity index (χ2v) is 10.8. The minimum Gasteiger partial charge on any atom is -0.354 e. The van der Waals surface area contributed by atoms with E-state index in [1.165, 1.54) is 47.3 Å². The number of aromatic amines is 1. The molecule has 0 spiro atoms. The number of nitrogens with one attached hydrogen (secondary N) is 1. The summed E-state index contributed by atoms with van der Waals surface area (Å²) in [5.41, 5.74) is 6.39. The fourth-order valence-electron chi connectivity index (χ4n) is 4.10. The Kier molecular flexibility index (Phi) is 4.52. The van der Waals surface area contributed by atoms with Crippen LogP contribution in [-0.4, -0.2) is 4.98 Å². The molecule has 0 atom stereocenters. The molecule has 1 nitrogen and oxygen atoms in total. The van der Waals surface area contributed by atoms with Gasteiger partial charge in [-0.05, 0) is 95.7 Å². The molecule has 1 aromatic heterocycles. The second-order valence-electron chi connectivity index (χ2n) is 8.69. The van der Waals surface area contributed by atoms with Crippen molar-refractivity contribution in [3.8, 4) is 11.1 Å². The number of hydrogen-bond acceptors (Lipinski definition) is 0. The Morgan fingerprint density at radius 2 is 1.62 bits per heavy atom. The van der Waals surface area contributed by atoms with E-state index < -0.39 is 0 Å². The van der Waals surface area contributed by atoms with Crippen LogP contribution in [0, 0.1) is 3.57 Å². The zero-order chi connectivity index (χ0) is 20.3. The number of rotatable bonds is 1. The van der Waals surface area contributed by atoms with Gasteiger partial charge >= 0.3 is 0 Å². The van der Waals surface area contributed by atoms with E-state index in [2.05, 4.69) is 131 Å². The summed E-state index contributed by atoms with van der Waals surface area (Å²) in [6.07, 6.45) is 0. The van der Waals surface area contributed by atoms with Crippen LogP contribution in [0.4, 0.5) is 0 Å². The molecule has 0 amide bonds. The highest BCUT2D eigenvalue weighted by atomic mass is 127. The lowest BCUT2D eigenvalue weighted by atomic mass is 9.85. The summed E-state index contributed by atoms with van der Waals surface area (Å²) in [4.78, 5) is 3.59. The molecule has 144 valence electrons. The average molecular weight is 554 g/mol. The van der Waals surface area contributed by atoms with Gasteiger partial charge in [0.15, 0.2) is 0 Å². The predicted molar refractivity (Wildman–Crippen MR) is 138 cm³/mol. The van der Waals surface area contributed by atoms with Gasteiger partial charge in [0.2, 0.25) is 0 Å². The second kappa shape index (κ2) is 6.85. The van der Waals surface area contributed by atoms with Crippen LogP contribution in [0.2, 0.25) is 0 Å². The van der Waals surface area contributed by atoms with Gasteiger partial charge in [0, 0.05) is 24.3 Å². The molecule has 5 aromatic rings. The Balaban J connectivity index is 1.75. The third-order valence-corrected chi connectivity index (χ3v) is 6.91. The summed E-state index contributed by atoms with van der Waals surface area (Å²) in [7, 11) is 0. The minimum atomic E-state index is 0.146. The SMILES string of the molecule is CC(C)(C)c1cccc(-c2ccc3c(ccc4[nH]c5c(Br)cc(I)cc5c43)c2)c1. The van der Waals surface area contributed by atoms with Crippen molar-refractivity contribution in [2.45, 2.75) is 26.2 Å². The maximum absolute atomic E-state index is 3.72. The van der Waals surface area contributed by atoms with Gasteiger partial charge in [-0.3, -0.25) is 0 Å². The minimum absolute atomic E-state index is 0.146. The third kappa shape index (κ3) is 3.28. The summed E-state index contributed by atoms with van der Waals surface area (Å²) in [5, 5.41) is 5.13. The summed E-state index contributed by atoms with van der Waals surface area (Å²) in [5.74, 6) is 0. The van der Waals surface area contributed by atoms with Gasteiger partial charge in [0.05, 0.1) is 5.52 Å². The van der Waals surface area contributed by atoms with Gasteiger partial charge in [-0.1, -0.05) is 63.2 Å². The number of benzene rings is 4. The topological polar surface area (TPSA) is 15.8 Å². The van der Waals surface area contributed by atoms with Crippen LogP contribution < -0.4 is 0 Å². The normalized spacial score (nSPS) is 12.3. The number of hydrogen-bond donors (Lipinski definition) is 1. The lowest BCUT2D eigenvalue weighted by molar-refractivity contribution is 0.590. The molecule has 0 aliphatic rings. The highest BCUT2D eigenvalue weighted by Gasteiger charge is 2.15. The van der Waals surface area contributed by atoms with E-state index in [0.717, 1.165) is 9.99 Å². The van der Waals surface area contributed by atoms with Crippen LogP contribution in [0.3, 0.4) is 0 Å². The van der Waals surface area contributed by atoms with Crippen molar-refractivity contribution in [1.29, 1.82) is 0 Å². The first-order chi connectivity index (χ1) is 13.8. The van der Waals surface area contributed by atoms with Crippen LogP contribution in [0.5, 0.6) is 0 Å². The smallest absolute Gasteiger partial charge is 0.0610 e. The van der Waals surface area contributed by atoms with Crippen LogP contribution in [-0.2, 0) is 5.41 Å². The monoisotopic (exact) mass is 553 g/mol. The highest BCUT2D eigenvalue weighted by molar-refractivity contribution is 14.1. The summed E-state index contributed by atoms with van der Waals surface area (Å²) in [6, 6.07) is 24.6. The van der Waals surface area contributed by atoms with Crippen LogP contribution in [0.15, 0.2) is 71.2 Å². The van der Waals surface area contributed by atoms with E-state index in [9.17, 15) is 0 Å². The zero-order valence-corrected chi connectivity index (χ0v) is 20.4. The first-order valence-electron chi connectivity index (χ1n) is 9.75. The Bertz CT molecular complexity index is 1410. The fraction of sp³-hybridized carbons (Fsp3) is 0.154. The maximum Gasteiger partial charge on any atom is 0.0610 e. The van der Waals surface area contributed by atoms with Gasteiger partial charge in [-0.25, -0.2) is 0 Å². The molecular weight excluding hydrogens is 533 g/mol. The molecular formula is C26H21BrIN. The average Bonchev–Trinajstić information content (AvgIpc) is 3.06. The Labute approximate surface area is 192 Å². The van der Waals surface area contributed by atoms with Gasteiger partial charge in [-0.15, -0.1) is 0 Å². The molecule has 1 N–H and O–H groups in total. The Morgan fingerprint density at radius 1 is 0.828 bits per heavy atom. The lowest BCUT2D eigenvalue weighted by Gasteiger charge is -2.20. The fourth-order valence-corrected chi connectivity index (χ4v) is 5.71. The Hall–Kier alpha value is -1.85. The molecule has 29 heavy (non-hydrogen) atoms. The van der Waals surface area contributed by atoms with Crippen LogP contribution in [0.25, 0.3) is 43.7 Å². The van der Waals surface area contributed by atoms with Crippen molar-refractivity contribution in [3.05, 3.63) is 80.3 Å². The molecule has 0 aliphatic heterocycles. The number of aromatic nitrogens is 1. The zero-order valence-electron chi connectivity index (χ0n) is 16.6. The standard InChI is InChI=1S/C26H21BrIN/c1-26(2,3)18-6-4-5-15(12-18)16-7-9-20-17(11-16)8-10-23-24(20)21-13-19(28)14-22(27)25(21)29-23/h4-14,29H,1-3H3. The lowest BCUT2D eigenvalue weighted by Crippen LogP contribution is -2.10. The molecule has 0 saturated carbocycles. The molecule has 0 bridgehead atoms. The van der Waals surface area contributed by atoms with E-state index in [1.807, 2.05) is 0 Å². The van der Waals surface area contributed by atoms with Gasteiger partial charge < -0.3 is 4.98 Å². The van der Waals surface area contributed by atoms with Crippen molar-refractivity contribution in [2.24, 2.45) is 0 Å². The van der Waals surface area contributed by atoms with E-state index in [4.69, 9.17) is 0 Å². The molecule has 0 radical (unpaired) electrons. The van der Waals surface area contributed by atoms with Crippen molar-refractivity contribution in [3.63, 3.8) is 0 Å². The number of H-pyrrole nitrogens is 1. The maximum atomic E-state index is 3.72. The van der Waals surface area contributed by atoms with E-state index in [-0.39, 0.29) is 5.41 Å². The Morgan fingerprint density at radius 3 is 2.41 bits per heavy atom. The molecule has 1 heterocycles. The summed E-state index contributed by atoms with van der Waals surface area (Å²) < 4.78 is 2.34. The molecule has 0 fully saturated rings. The summed E-state index contributed by atoms with van der Waals surface area (Å²) in [6.45, 7) is 6.79. The van der Waals surface area contributed by atoms with Gasteiger partial charge in [0.25, 0.3) is 0 Å². The molecule has 0 aliphatic carbocycles. The third-order valence-electron chi connectivity index (χ3n) is 5.67. The van der Waals surface area contributed by atoms with Crippen molar-refractivity contribution >= 4 is 71.1 Å². The molecule has 3 heteroatoms. The van der Waals surface area contributed by atoms with E-state index in [0.29, 0.717) is 0 Å². The van der Waals surface area contributed by atoms with Gasteiger partial charge in [-0.2, -0.15) is 0 Å². The number of halogens is 2. The number of fused-ring (bicyclic) bond motifs is 5. The molecule has 4 aromatic carbocycles. The van der Waals surface area contributed by atoms with Gasteiger partial charge in [0.1, 0.15) is 0 Å². The van der Waals surface area contributed by atoms with Crippen LogP contribution in [0.1, 0.15) is 26.3 Å². The van der Waals surface area contributed by atoms with Crippen LogP contribution >= 0.6 is 38.5 Å². The predicted octanol–water partition coefficient (Wildman–Crippen LogP) is 8.81. The highest BCUT2D eigenvalue weighted by Crippen LogP contribution is 2.38. The molecule has 0 unspecified atom stereocenters. The van der Waals surface area contributed by atoms with Crippen molar-refractivity contribution in [1.82, 2.24) is 4.98 Å². The largest absolute Gasteiger partial charge is 0.354 e. The van der Waals surface area contributed by atoms with E-state index in [1.54, 1.807) is 0 Å². The van der Waals surface area contributed by atoms with Crippen molar-refractivity contribution in [2.75, 3.05) is 0 Å². The molecule has 0 saturated heterocycles. The quantitative estimate of drug-likeness (QED) is 0.200. The van der Waals surface area contributed by atoms with Crippen molar-refractivity contribution < 1.29 is 0 Å². The first-order valence-corrected chi connectivity index (χ1v) is 11.6. The first kappa shape index (κ1) is 19.1. The summed E-state index contributed by atoms with van der Waals surface area (Å²) >= 11 is 6.10. The van der Waals surface area contributed by atoms with E-state index >= 15 is 0 Å².